The minimum atomic E-state index is 0.158. The van der Waals surface area contributed by atoms with Gasteiger partial charge in [-0.15, -0.1) is 0 Å². The molecular weight excluding hydrogens is 250 g/mol. The Bertz CT molecular complexity index is 658. The van der Waals surface area contributed by atoms with E-state index in [9.17, 15) is 4.79 Å². The standard InChI is InChI=1S/C16H19N3O/c1-3-13-9-14(19(2)18-13)10-16(20)12-4-5-15-11(8-12)6-7-17-15/h4-5,8-9,17H,3,6-7,10H2,1-2H3. The Morgan fingerprint density at radius 2 is 2.25 bits per heavy atom. The van der Waals surface area contributed by atoms with Crippen LogP contribution in [0.4, 0.5) is 5.69 Å². The molecule has 1 aliphatic heterocycles. The van der Waals surface area contributed by atoms with Crippen LogP contribution in [0.3, 0.4) is 0 Å². The summed E-state index contributed by atoms with van der Waals surface area (Å²) in [6.07, 6.45) is 2.31. The summed E-state index contributed by atoms with van der Waals surface area (Å²) in [4.78, 5) is 12.4. The maximum atomic E-state index is 12.4. The van der Waals surface area contributed by atoms with E-state index >= 15 is 0 Å². The number of benzene rings is 1. The Morgan fingerprint density at radius 3 is 3.00 bits per heavy atom. The molecule has 0 amide bonds. The molecule has 20 heavy (non-hydrogen) atoms. The molecule has 0 aliphatic carbocycles. The van der Waals surface area contributed by atoms with E-state index in [2.05, 4.69) is 17.3 Å². The Kier molecular flexibility index (Phi) is 3.30. The number of nitrogens with one attached hydrogen (secondary N) is 1. The number of Topliss-reactive ketones (excluding diaryl/α,β-unsaturated/α-hetero) is 1. The van der Waals surface area contributed by atoms with Crippen molar-refractivity contribution in [3.8, 4) is 0 Å². The normalized spacial score (nSPS) is 13.1. The molecule has 0 bridgehead atoms. The van der Waals surface area contributed by atoms with Crippen LogP contribution >= 0.6 is 0 Å². The fourth-order valence-corrected chi connectivity index (χ4v) is 2.65. The van der Waals surface area contributed by atoms with Gasteiger partial charge in [-0.3, -0.25) is 9.48 Å². The SMILES string of the molecule is CCc1cc(CC(=O)c2ccc3c(c2)CCN3)n(C)n1. The molecule has 1 aliphatic rings. The minimum Gasteiger partial charge on any atom is -0.384 e. The van der Waals surface area contributed by atoms with Gasteiger partial charge in [0.2, 0.25) is 0 Å². The van der Waals surface area contributed by atoms with Gasteiger partial charge >= 0.3 is 0 Å². The lowest BCUT2D eigenvalue weighted by atomic mass is 10.0. The summed E-state index contributed by atoms with van der Waals surface area (Å²) in [5.41, 5.74) is 5.22. The van der Waals surface area contributed by atoms with Gasteiger partial charge in [-0.2, -0.15) is 5.10 Å². The minimum absolute atomic E-state index is 0.158. The predicted octanol–water partition coefficient (Wildman–Crippen LogP) is 2.38. The number of anilines is 1. The first-order chi connectivity index (χ1) is 9.67. The van der Waals surface area contributed by atoms with Crippen LogP contribution in [0.15, 0.2) is 24.3 Å². The highest BCUT2D eigenvalue weighted by Crippen LogP contribution is 2.23. The summed E-state index contributed by atoms with van der Waals surface area (Å²) in [5, 5.41) is 7.70. The van der Waals surface area contributed by atoms with Crippen molar-refractivity contribution in [2.24, 2.45) is 7.05 Å². The molecule has 0 radical (unpaired) electrons. The summed E-state index contributed by atoms with van der Waals surface area (Å²) in [7, 11) is 1.90. The summed E-state index contributed by atoms with van der Waals surface area (Å²) in [6, 6.07) is 7.97. The molecule has 1 N–H and O–H groups in total. The number of aromatic nitrogens is 2. The molecule has 0 atom stereocenters. The average molecular weight is 269 g/mol. The van der Waals surface area contributed by atoms with Gasteiger partial charge in [-0.05, 0) is 42.7 Å². The van der Waals surface area contributed by atoms with Crippen molar-refractivity contribution in [1.29, 1.82) is 0 Å². The molecule has 0 saturated heterocycles. The molecule has 0 unspecified atom stereocenters. The number of aryl methyl sites for hydroxylation is 2. The number of fused-ring (bicyclic) bond motifs is 1. The molecular formula is C16H19N3O. The molecule has 4 nitrogen and oxygen atoms in total. The fourth-order valence-electron chi connectivity index (χ4n) is 2.65. The summed E-state index contributed by atoms with van der Waals surface area (Å²) >= 11 is 0. The van der Waals surface area contributed by atoms with Gasteiger partial charge in [-0.25, -0.2) is 0 Å². The van der Waals surface area contributed by atoms with Crippen LogP contribution in [0.1, 0.15) is 34.2 Å². The number of ketones is 1. The molecule has 0 fully saturated rings. The summed E-state index contributed by atoms with van der Waals surface area (Å²) in [5.74, 6) is 0.158. The molecule has 2 heterocycles. The van der Waals surface area contributed by atoms with Crippen LogP contribution in [0.25, 0.3) is 0 Å². The van der Waals surface area contributed by atoms with Crippen LogP contribution in [0, 0.1) is 0 Å². The van der Waals surface area contributed by atoms with Gasteiger partial charge in [0.15, 0.2) is 5.78 Å². The monoisotopic (exact) mass is 269 g/mol. The Hall–Kier alpha value is -2.10. The van der Waals surface area contributed by atoms with Crippen molar-refractivity contribution in [2.75, 3.05) is 11.9 Å². The third-order valence-corrected chi connectivity index (χ3v) is 3.87. The lowest BCUT2D eigenvalue weighted by Crippen LogP contribution is -2.08. The quantitative estimate of drug-likeness (QED) is 0.867. The maximum Gasteiger partial charge on any atom is 0.168 e. The zero-order chi connectivity index (χ0) is 14.1. The van der Waals surface area contributed by atoms with Gasteiger partial charge in [0.05, 0.1) is 12.1 Å². The van der Waals surface area contributed by atoms with Crippen molar-refractivity contribution < 1.29 is 4.79 Å². The zero-order valence-corrected chi connectivity index (χ0v) is 11.9. The number of carbonyl (C=O) groups is 1. The van der Waals surface area contributed by atoms with Crippen LogP contribution in [0.5, 0.6) is 0 Å². The van der Waals surface area contributed by atoms with E-state index in [0.29, 0.717) is 6.42 Å². The smallest absolute Gasteiger partial charge is 0.168 e. The molecule has 3 rings (SSSR count). The highest BCUT2D eigenvalue weighted by molar-refractivity contribution is 5.98. The first-order valence-electron chi connectivity index (χ1n) is 7.09. The van der Waals surface area contributed by atoms with Crippen molar-refractivity contribution in [3.05, 3.63) is 46.8 Å². The average Bonchev–Trinajstić information content (AvgIpc) is 3.04. The zero-order valence-electron chi connectivity index (χ0n) is 11.9. The third kappa shape index (κ3) is 2.33. The van der Waals surface area contributed by atoms with Gasteiger partial charge in [0.1, 0.15) is 0 Å². The Morgan fingerprint density at radius 1 is 1.40 bits per heavy atom. The summed E-state index contributed by atoms with van der Waals surface area (Å²) in [6.45, 7) is 3.04. The van der Waals surface area contributed by atoms with Crippen molar-refractivity contribution >= 4 is 11.5 Å². The number of hydrogen-bond acceptors (Lipinski definition) is 3. The lowest BCUT2D eigenvalue weighted by molar-refractivity contribution is 0.0990. The van der Waals surface area contributed by atoms with Crippen molar-refractivity contribution in [2.45, 2.75) is 26.2 Å². The summed E-state index contributed by atoms with van der Waals surface area (Å²) < 4.78 is 1.81. The number of carbonyl (C=O) groups excluding carboxylic acids is 1. The highest BCUT2D eigenvalue weighted by Gasteiger charge is 2.15. The molecule has 1 aromatic carbocycles. The van der Waals surface area contributed by atoms with Crippen LogP contribution in [-0.4, -0.2) is 22.1 Å². The van der Waals surface area contributed by atoms with E-state index < -0.39 is 0 Å². The van der Waals surface area contributed by atoms with Crippen molar-refractivity contribution in [1.82, 2.24) is 9.78 Å². The maximum absolute atomic E-state index is 12.4. The lowest BCUT2D eigenvalue weighted by Gasteiger charge is -2.04. The van der Waals surface area contributed by atoms with Gasteiger partial charge in [0.25, 0.3) is 0 Å². The van der Waals surface area contributed by atoms with E-state index in [1.165, 1.54) is 5.56 Å². The Balaban J connectivity index is 1.80. The second-order valence-electron chi connectivity index (χ2n) is 5.25. The van der Waals surface area contributed by atoms with E-state index in [1.54, 1.807) is 0 Å². The molecule has 2 aromatic rings. The first-order valence-corrected chi connectivity index (χ1v) is 7.09. The van der Waals surface area contributed by atoms with Crippen LogP contribution in [-0.2, 0) is 26.3 Å². The van der Waals surface area contributed by atoms with Gasteiger partial charge in [-0.1, -0.05) is 6.92 Å². The van der Waals surface area contributed by atoms with E-state index in [1.807, 2.05) is 36.0 Å². The molecule has 0 spiro atoms. The number of rotatable bonds is 4. The number of hydrogen-bond donors (Lipinski definition) is 1. The van der Waals surface area contributed by atoms with Crippen LogP contribution in [0.2, 0.25) is 0 Å². The van der Waals surface area contributed by atoms with Gasteiger partial charge in [0, 0.05) is 30.5 Å². The molecule has 4 heteroatoms. The van der Waals surface area contributed by atoms with Gasteiger partial charge < -0.3 is 5.32 Å². The molecule has 104 valence electrons. The topological polar surface area (TPSA) is 46.9 Å². The number of nitrogens with zero attached hydrogens (tertiary/aromatic N) is 2. The van der Waals surface area contributed by atoms with E-state index in [4.69, 9.17) is 0 Å². The first kappa shape index (κ1) is 12.9. The Labute approximate surface area is 118 Å². The third-order valence-electron chi connectivity index (χ3n) is 3.87. The molecule has 1 aromatic heterocycles. The van der Waals surface area contributed by atoms with Crippen LogP contribution < -0.4 is 5.32 Å². The van der Waals surface area contributed by atoms with Crippen molar-refractivity contribution in [3.63, 3.8) is 0 Å². The predicted molar refractivity (Wildman–Crippen MR) is 79.3 cm³/mol. The second-order valence-corrected chi connectivity index (χ2v) is 5.25. The molecule has 0 saturated carbocycles. The second kappa shape index (κ2) is 5.12. The fraction of sp³-hybridized carbons (Fsp3) is 0.375. The largest absolute Gasteiger partial charge is 0.384 e. The van der Waals surface area contributed by atoms with E-state index in [0.717, 1.165) is 42.0 Å². The van der Waals surface area contributed by atoms with E-state index in [-0.39, 0.29) is 5.78 Å². The highest BCUT2D eigenvalue weighted by atomic mass is 16.1.